The number of hydrogen-bond acceptors (Lipinski definition) is 3. The minimum atomic E-state index is -0.267. The average molecular weight is 354 g/mol. The van der Waals surface area contributed by atoms with Crippen molar-refractivity contribution < 1.29 is 14.3 Å². The highest BCUT2D eigenvalue weighted by Gasteiger charge is 2.24. The maximum atomic E-state index is 11.8. The van der Waals surface area contributed by atoms with Crippen LogP contribution in [0.4, 0.5) is 0 Å². The molecule has 1 fully saturated rings. The number of rotatable bonds is 5. The Kier molecular flexibility index (Phi) is 5.79. The lowest BCUT2D eigenvalue weighted by atomic mass is 10.1. The van der Waals surface area contributed by atoms with E-state index in [2.05, 4.69) is 21.2 Å². The molecule has 1 atom stereocenters. The summed E-state index contributed by atoms with van der Waals surface area (Å²) in [6.45, 7) is 1.70. The highest BCUT2D eigenvalue weighted by molar-refractivity contribution is 9.10. The van der Waals surface area contributed by atoms with Gasteiger partial charge in [0, 0.05) is 4.47 Å². The van der Waals surface area contributed by atoms with Gasteiger partial charge >= 0.3 is 5.97 Å². The van der Waals surface area contributed by atoms with Crippen LogP contribution in [-0.2, 0) is 14.3 Å². The number of amides is 1. The summed E-state index contributed by atoms with van der Waals surface area (Å²) in [6.07, 6.45) is 3.92. The van der Waals surface area contributed by atoms with Gasteiger partial charge in [0.15, 0.2) is 6.61 Å². The Morgan fingerprint density at radius 3 is 2.52 bits per heavy atom. The molecule has 0 radical (unpaired) electrons. The van der Waals surface area contributed by atoms with Gasteiger partial charge in [0.05, 0.1) is 12.0 Å². The van der Waals surface area contributed by atoms with Crippen molar-refractivity contribution in [3.05, 3.63) is 34.3 Å². The van der Waals surface area contributed by atoms with Crippen molar-refractivity contribution in [2.24, 2.45) is 5.92 Å². The van der Waals surface area contributed by atoms with Crippen molar-refractivity contribution in [1.82, 2.24) is 5.32 Å². The molecule has 114 valence electrons. The van der Waals surface area contributed by atoms with E-state index in [4.69, 9.17) is 4.74 Å². The first-order chi connectivity index (χ1) is 10.1. The molecule has 0 aliphatic heterocycles. The Labute approximate surface area is 133 Å². The van der Waals surface area contributed by atoms with Crippen LogP contribution in [0.1, 0.15) is 44.2 Å². The monoisotopic (exact) mass is 353 g/mol. The van der Waals surface area contributed by atoms with Gasteiger partial charge in [-0.2, -0.15) is 0 Å². The van der Waals surface area contributed by atoms with E-state index in [1.165, 1.54) is 0 Å². The lowest BCUT2D eigenvalue weighted by Crippen LogP contribution is -2.32. The fourth-order valence-corrected chi connectivity index (χ4v) is 2.80. The van der Waals surface area contributed by atoms with Crippen molar-refractivity contribution in [2.75, 3.05) is 6.61 Å². The number of carbonyl (C=O) groups is 2. The second-order valence-corrected chi connectivity index (χ2v) is 6.35. The highest BCUT2D eigenvalue weighted by atomic mass is 79.9. The quantitative estimate of drug-likeness (QED) is 0.825. The Balaban J connectivity index is 1.75. The number of carbonyl (C=O) groups excluding carboxylic acids is 2. The second kappa shape index (κ2) is 7.59. The summed E-state index contributed by atoms with van der Waals surface area (Å²) in [5.41, 5.74) is 1.01. The molecule has 1 amide bonds. The predicted molar refractivity (Wildman–Crippen MR) is 83.6 cm³/mol. The molecule has 5 heteroatoms. The van der Waals surface area contributed by atoms with Crippen LogP contribution in [0.5, 0.6) is 0 Å². The number of benzene rings is 1. The van der Waals surface area contributed by atoms with Gasteiger partial charge in [0.25, 0.3) is 5.91 Å². The summed E-state index contributed by atoms with van der Waals surface area (Å²) in [7, 11) is 0. The molecular weight excluding hydrogens is 334 g/mol. The minimum Gasteiger partial charge on any atom is -0.455 e. The van der Waals surface area contributed by atoms with Gasteiger partial charge in [0.1, 0.15) is 0 Å². The third-order valence-electron chi connectivity index (χ3n) is 3.78. The summed E-state index contributed by atoms with van der Waals surface area (Å²) in [6, 6.07) is 7.63. The van der Waals surface area contributed by atoms with Crippen molar-refractivity contribution in [1.29, 1.82) is 0 Å². The van der Waals surface area contributed by atoms with Crippen LogP contribution < -0.4 is 5.32 Å². The normalized spacial score (nSPS) is 16.5. The van der Waals surface area contributed by atoms with Crippen molar-refractivity contribution in [3.8, 4) is 0 Å². The van der Waals surface area contributed by atoms with Gasteiger partial charge in [-0.25, -0.2) is 0 Å². The summed E-state index contributed by atoms with van der Waals surface area (Å²) < 4.78 is 6.08. The SMILES string of the molecule is C[C@@H](NC(=O)COC(=O)C1CCCC1)c1ccc(Br)cc1. The minimum absolute atomic E-state index is 0.0123. The summed E-state index contributed by atoms with van der Waals surface area (Å²) in [5, 5.41) is 2.83. The highest BCUT2D eigenvalue weighted by Crippen LogP contribution is 2.25. The van der Waals surface area contributed by atoms with E-state index < -0.39 is 0 Å². The van der Waals surface area contributed by atoms with Crippen LogP contribution in [0.15, 0.2) is 28.7 Å². The molecule has 0 bridgehead atoms. The van der Waals surface area contributed by atoms with Crippen molar-refractivity contribution in [3.63, 3.8) is 0 Å². The zero-order valence-corrected chi connectivity index (χ0v) is 13.7. The van der Waals surface area contributed by atoms with Crippen molar-refractivity contribution >= 4 is 27.8 Å². The van der Waals surface area contributed by atoms with Gasteiger partial charge in [-0.3, -0.25) is 9.59 Å². The van der Waals surface area contributed by atoms with Gasteiger partial charge < -0.3 is 10.1 Å². The molecule has 1 aliphatic carbocycles. The first-order valence-electron chi connectivity index (χ1n) is 7.27. The van der Waals surface area contributed by atoms with Gasteiger partial charge in [-0.15, -0.1) is 0 Å². The fraction of sp³-hybridized carbons (Fsp3) is 0.500. The Bertz CT molecular complexity index is 495. The first kappa shape index (κ1) is 16.0. The standard InChI is InChI=1S/C16H20BrNO3/c1-11(12-6-8-14(17)9-7-12)18-15(19)10-21-16(20)13-4-2-3-5-13/h6-9,11,13H,2-5,10H2,1H3,(H,18,19)/t11-/m1/s1. The lowest BCUT2D eigenvalue weighted by molar-refractivity contribution is -0.152. The summed E-state index contributed by atoms with van der Waals surface area (Å²) >= 11 is 3.37. The third kappa shape index (κ3) is 4.84. The van der Waals surface area contributed by atoms with Crippen LogP contribution >= 0.6 is 15.9 Å². The molecule has 2 rings (SSSR count). The number of ether oxygens (including phenoxy) is 1. The van der Waals surface area contributed by atoms with Crippen LogP contribution in [0.3, 0.4) is 0 Å². The summed E-state index contributed by atoms with van der Waals surface area (Å²) in [4.78, 5) is 23.6. The molecule has 1 aromatic rings. The largest absolute Gasteiger partial charge is 0.455 e. The van der Waals surface area contributed by atoms with Crippen LogP contribution in [-0.4, -0.2) is 18.5 Å². The lowest BCUT2D eigenvalue weighted by Gasteiger charge is -2.15. The van der Waals surface area contributed by atoms with E-state index in [1.807, 2.05) is 31.2 Å². The van der Waals surface area contributed by atoms with E-state index in [9.17, 15) is 9.59 Å². The molecule has 1 N–H and O–H groups in total. The molecule has 0 unspecified atom stereocenters. The Hall–Kier alpha value is -1.36. The van der Waals surface area contributed by atoms with Crippen LogP contribution in [0, 0.1) is 5.92 Å². The predicted octanol–water partition coefficient (Wildman–Crippen LogP) is 3.36. The zero-order valence-electron chi connectivity index (χ0n) is 12.1. The molecule has 0 aromatic heterocycles. The zero-order chi connectivity index (χ0) is 15.2. The maximum absolute atomic E-state index is 11.8. The number of halogens is 1. The van der Waals surface area contributed by atoms with Gasteiger partial charge in [0.2, 0.25) is 0 Å². The molecule has 1 aromatic carbocycles. The van der Waals surface area contributed by atoms with Crippen molar-refractivity contribution in [2.45, 2.75) is 38.6 Å². The molecule has 1 aliphatic rings. The van der Waals surface area contributed by atoms with E-state index in [1.54, 1.807) is 0 Å². The van der Waals surface area contributed by atoms with E-state index in [0.717, 1.165) is 35.7 Å². The smallest absolute Gasteiger partial charge is 0.309 e. The molecular formula is C16H20BrNO3. The van der Waals surface area contributed by atoms with Crippen LogP contribution in [0.25, 0.3) is 0 Å². The fourth-order valence-electron chi connectivity index (χ4n) is 2.53. The summed E-state index contributed by atoms with van der Waals surface area (Å²) in [5.74, 6) is -0.516. The number of nitrogens with one attached hydrogen (secondary N) is 1. The number of hydrogen-bond donors (Lipinski definition) is 1. The molecule has 21 heavy (non-hydrogen) atoms. The van der Waals surface area contributed by atoms with E-state index in [0.29, 0.717) is 0 Å². The maximum Gasteiger partial charge on any atom is 0.309 e. The molecule has 4 nitrogen and oxygen atoms in total. The average Bonchev–Trinajstić information content (AvgIpc) is 2.99. The second-order valence-electron chi connectivity index (χ2n) is 5.43. The Morgan fingerprint density at radius 1 is 1.29 bits per heavy atom. The molecule has 0 saturated heterocycles. The molecule has 0 spiro atoms. The van der Waals surface area contributed by atoms with Gasteiger partial charge in [-0.1, -0.05) is 40.9 Å². The third-order valence-corrected chi connectivity index (χ3v) is 4.31. The first-order valence-corrected chi connectivity index (χ1v) is 8.07. The number of esters is 1. The Morgan fingerprint density at radius 2 is 1.90 bits per heavy atom. The van der Waals surface area contributed by atoms with E-state index in [-0.39, 0.29) is 30.4 Å². The van der Waals surface area contributed by atoms with Gasteiger partial charge in [-0.05, 0) is 37.5 Å². The molecule has 1 saturated carbocycles. The topological polar surface area (TPSA) is 55.4 Å². The molecule has 0 heterocycles. The van der Waals surface area contributed by atoms with E-state index >= 15 is 0 Å². The van der Waals surface area contributed by atoms with Crippen LogP contribution in [0.2, 0.25) is 0 Å².